The van der Waals surface area contributed by atoms with Crippen molar-refractivity contribution in [3.8, 4) is 0 Å². The van der Waals surface area contributed by atoms with Crippen molar-refractivity contribution >= 4 is 33.0 Å². The minimum atomic E-state index is -3.97. The van der Waals surface area contributed by atoms with Crippen LogP contribution in [0.1, 0.15) is 45.1 Å². The minimum Gasteiger partial charge on any atom is -0.381 e. The van der Waals surface area contributed by atoms with Crippen molar-refractivity contribution < 1.29 is 31.1 Å². The molecule has 1 saturated heterocycles. The largest absolute Gasteiger partial charge is 0.381 e. The van der Waals surface area contributed by atoms with Gasteiger partial charge in [0.1, 0.15) is 10.6 Å². The lowest BCUT2D eigenvalue weighted by Gasteiger charge is -2.39. The van der Waals surface area contributed by atoms with E-state index in [0.29, 0.717) is 5.02 Å². The first-order chi connectivity index (χ1) is 16.4. The molecule has 35 heavy (non-hydrogen) atoms. The van der Waals surface area contributed by atoms with Crippen LogP contribution in [-0.2, 0) is 24.1 Å². The zero-order valence-electron chi connectivity index (χ0n) is 19.4. The maximum absolute atomic E-state index is 15.5. The van der Waals surface area contributed by atoms with Crippen molar-refractivity contribution in [1.82, 2.24) is 0 Å². The summed E-state index contributed by atoms with van der Waals surface area (Å²) in [5, 5.41) is 0.392. The van der Waals surface area contributed by atoms with Gasteiger partial charge in [-0.1, -0.05) is 17.7 Å². The normalized spacial score (nSPS) is 19.9. The van der Waals surface area contributed by atoms with Crippen LogP contribution in [0.3, 0.4) is 0 Å². The quantitative estimate of drug-likeness (QED) is 0.478. The van der Waals surface area contributed by atoms with Crippen LogP contribution in [0.4, 0.5) is 18.9 Å². The molecule has 0 bridgehead atoms. The fraction of sp³-hybridized carbons (Fsp3) is 0.480. The molecule has 0 N–H and O–H groups in total. The van der Waals surface area contributed by atoms with Crippen molar-refractivity contribution in [2.24, 2.45) is 5.92 Å². The third-order valence-corrected chi connectivity index (χ3v) is 9.68. The van der Waals surface area contributed by atoms with Gasteiger partial charge in [-0.25, -0.2) is 21.6 Å². The van der Waals surface area contributed by atoms with Crippen molar-refractivity contribution in [3.05, 3.63) is 58.9 Å². The summed E-state index contributed by atoms with van der Waals surface area (Å²) >= 11 is 5.93. The Kier molecular flexibility index (Phi) is 6.98. The van der Waals surface area contributed by atoms with Gasteiger partial charge in [0.2, 0.25) is 11.8 Å². The lowest BCUT2D eigenvalue weighted by molar-refractivity contribution is -0.148. The Morgan fingerprint density at radius 2 is 1.69 bits per heavy atom. The molecule has 1 aliphatic carbocycles. The highest BCUT2D eigenvalue weighted by atomic mass is 35.5. The molecule has 2 aromatic carbocycles. The Balaban J connectivity index is 1.74. The maximum atomic E-state index is 15.5. The van der Waals surface area contributed by atoms with Gasteiger partial charge < -0.3 is 9.64 Å². The molecule has 1 saturated carbocycles. The monoisotopic (exact) mass is 529 g/mol. The molecule has 0 radical (unpaired) electrons. The summed E-state index contributed by atoms with van der Waals surface area (Å²) in [4.78, 5) is 14.2. The van der Waals surface area contributed by atoms with E-state index in [2.05, 4.69) is 0 Å². The highest BCUT2D eigenvalue weighted by molar-refractivity contribution is 7.92. The molecule has 2 fully saturated rings. The first-order valence-corrected chi connectivity index (χ1v) is 13.3. The number of sulfone groups is 1. The smallest absolute Gasteiger partial charge is 0.249 e. The molecule has 4 rings (SSSR count). The van der Waals surface area contributed by atoms with Crippen LogP contribution in [-0.4, -0.2) is 39.5 Å². The van der Waals surface area contributed by atoms with E-state index in [1.165, 1.54) is 41.3 Å². The number of ether oxygens (including phenoxy) is 1. The van der Waals surface area contributed by atoms with Crippen LogP contribution in [0.2, 0.25) is 5.02 Å². The van der Waals surface area contributed by atoms with E-state index in [1.54, 1.807) is 13.8 Å². The Morgan fingerprint density at radius 3 is 2.20 bits per heavy atom. The molecule has 2 aromatic rings. The summed E-state index contributed by atoms with van der Waals surface area (Å²) in [6.07, 6.45) is -0.865. The second-order valence-electron chi connectivity index (χ2n) is 9.49. The predicted octanol–water partition coefficient (Wildman–Crippen LogP) is 5.75. The molecule has 0 unspecified atom stereocenters. The van der Waals surface area contributed by atoms with E-state index in [1.807, 2.05) is 0 Å². The van der Waals surface area contributed by atoms with Crippen LogP contribution < -0.4 is 4.90 Å². The van der Waals surface area contributed by atoms with Gasteiger partial charge in [0.25, 0.3) is 0 Å². The number of halogens is 4. The summed E-state index contributed by atoms with van der Waals surface area (Å²) in [6, 6.07) is 9.37. The average molecular weight is 530 g/mol. The summed E-state index contributed by atoms with van der Waals surface area (Å²) in [5.41, 5.74) is 0.193. The van der Waals surface area contributed by atoms with Gasteiger partial charge in [0, 0.05) is 43.0 Å². The molecule has 0 spiro atoms. The SMILES string of the molecule is CC(C)N(C(=O)C1CC(F)(F)C1)c1ccc(C2(S(=O)(=O)c3ccc(Cl)cc3)CCOCC2)cc1F. The van der Waals surface area contributed by atoms with E-state index < -0.39 is 57.0 Å². The number of carbonyl (C=O) groups excluding carboxylic acids is 1. The second kappa shape index (κ2) is 9.41. The molecular weight excluding hydrogens is 503 g/mol. The Labute approximate surface area is 208 Å². The fourth-order valence-corrected chi connectivity index (χ4v) is 7.14. The lowest BCUT2D eigenvalue weighted by atomic mass is 9.80. The van der Waals surface area contributed by atoms with Crippen LogP contribution in [0.15, 0.2) is 47.4 Å². The van der Waals surface area contributed by atoms with E-state index in [-0.39, 0.29) is 42.2 Å². The summed E-state index contributed by atoms with van der Waals surface area (Å²) in [6.45, 7) is 3.71. The minimum absolute atomic E-state index is 0.0601. The third kappa shape index (κ3) is 4.70. The van der Waals surface area contributed by atoms with Gasteiger partial charge in [-0.2, -0.15) is 0 Å². The number of hydrogen-bond acceptors (Lipinski definition) is 4. The van der Waals surface area contributed by atoms with E-state index in [4.69, 9.17) is 16.3 Å². The van der Waals surface area contributed by atoms with Gasteiger partial charge in [0.15, 0.2) is 9.84 Å². The molecule has 190 valence electrons. The van der Waals surface area contributed by atoms with Gasteiger partial charge in [0.05, 0.1) is 10.6 Å². The number of rotatable bonds is 6. The van der Waals surface area contributed by atoms with Crippen LogP contribution in [0, 0.1) is 11.7 Å². The van der Waals surface area contributed by atoms with Crippen molar-refractivity contribution in [2.75, 3.05) is 18.1 Å². The van der Waals surface area contributed by atoms with Gasteiger partial charge in [-0.3, -0.25) is 4.79 Å². The molecule has 1 aliphatic heterocycles. The van der Waals surface area contributed by atoms with Crippen molar-refractivity contribution in [2.45, 2.75) is 61.1 Å². The van der Waals surface area contributed by atoms with Gasteiger partial charge in [-0.05, 0) is 68.7 Å². The zero-order valence-corrected chi connectivity index (χ0v) is 21.0. The topological polar surface area (TPSA) is 63.7 Å². The predicted molar refractivity (Wildman–Crippen MR) is 127 cm³/mol. The summed E-state index contributed by atoms with van der Waals surface area (Å²) in [7, 11) is -3.97. The number of hydrogen-bond donors (Lipinski definition) is 0. The molecule has 10 heteroatoms. The standard InChI is InChI=1S/C25H27ClF3NO4S/c1-16(2)30(23(31)17-14-25(28,29)15-17)22-8-3-18(13-21(22)27)24(9-11-34-12-10-24)35(32,33)20-6-4-19(26)5-7-20/h3-8,13,16-17H,9-12,14-15H2,1-2H3. The number of anilines is 1. The molecule has 0 atom stereocenters. The Morgan fingerprint density at radius 1 is 1.09 bits per heavy atom. The Hall–Kier alpha value is -2.10. The molecule has 1 amide bonds. The molecular formula is C25H27ClF3NO4S. The first-order valence-electron chi connectivity index (χ1n) is 11.5. The molecule has 2 aliphatic rings. The van der Waals surface area contributed by atoms with Crippen molar-refractivity contribution in [1.29, 1.82) is 0 Å². The van der Waals surface area contributed by atoms with Crippen LogP contribution in [0.25, 0.3) is 0 Å². The third-order valence-electron chi connectivity index (χ3n) is 6.87. The highest BCUT2D eigenvalue weighted by Gasteiger charge is 2.51. The number of nitrogens with zero attached hydrogens (tertiary/aromatic N) is 1. The zero-order chi connectivity index (χ0) is 25.6. The second-order valence-corrected chi connectivity index (χ2v) is 12.2. The molecule has 0 aromatic heterocycles. The van der Waals surface area contributed by atoms with E-state index >= 15 is 4.39 Å². The number of alkyl halides is 2. The molecule has 1 heterocycles. The van der Waals surface area contributed by atoms with E-state index in [9.17, 15) is 22.0 Å². The fourth-order valence-electron chi connectivity index (χ4n) is 4.92. The number of amides is 1. The number of carbonyl (C=O) groups is 1. The lowest BCUT2D eigenvalue weighted by Crippen LogP contribution is -2.49. The highest BCUT2D eigenvalue weighted by Crippen LogP contribution is 2.46. The molecule has 5 nitrogen and oxygen atoms in total. The first kappa shape index (κ1) is 26.0. The van der Waals surface area contributed by atoms with Gasteiger partial charge >= 0.3 is 0 Å². The Bertz CT molecular complexity index is 1200. The van der Waals surface area contributed by atoms with Crippen molar-refractivity contribution in [3.63, 3.8) is 0 Å². The summed E-state index contributed by atoms with van der Waals surface area (Å²) in [5.74, 6) is -5.10. The maximum Gasteiger partial charge on any atom is 0.249 e. The van der Waals surface area contributed by atoms with Gasteiger partial charge in [-0.15, -0.1) is 0 Å². The van der Waals surface area contributed by atoms with Crippen LogP contribution in [0.5, 0.6) is 0 Å². The van der Waals surface area contributed by atoms with E-state index in [0.717, 1.165) is 6.07 Å². The number of benzene rings is 2. The average Bonchev–Trinajstić information content (AvgIpc) is 2.79. The summed E-state index contributed by atoms with van der Waals surface area (Å²) < 4.78 is 73.8. The van der Waals surface area contributed by atoms with Crippen LogP contribution >= 0.6 is 11.6 Å².